The maximum Gasteiger partial charge on any atom is 0.156 e. The van der Waals surface area contributed by atoms with E-state index in [9.17, 15) is 0 Å². The van der Waals surface area contributed by atoms with Crippen molar-refractivity contribution in [2.24, 2.45) is 7.05 Å². The summed E-state index contributed by atoms with van der Waals surface area (Å²) in [5.41, 5.74) is 2.24. The van der Waals surface area contributed by atoms with Crippen molar-refractivity contribution in [2.75, 3.05) is 6.54 Å². The summed E-state index contributed by atoms with van der Waals surface area (Å²) in [7, 11) is 1.95. The first-order valence-corrected chi connectivity index (χ1v) is 6.86. The highest BCUT2D eigenvalue weighted by atomic mass is 79.9. The van der Waals surface area contributed by atoms with Crippen molar-refractivity contribution in [2.45, 2.75) is 26.8 Å². The van der Waals surface area contributed by atoms with E-state index in [-0.39, 0.29) is 0 Å². The van der Waals surface area contributed by atoms with Crippen LogP contribution in [0.1, 0.15) is 24.6 Å². The van der Waals surface area contributed by atoms with E-state index in [1.807, 2.05) is 29.5 Å². The lowest BCUT2D eigenvalue weighted by Gasteiger charge is -2.07. The number of nitrogens with zero attached hydrogens (tertiary/aromatic N) is 4. The summed E-state index contributed by atoms with van der Waals surface area (Å²) in [5.74, 6) is 1.02. The van der Waals surface area contributed by atoms with Crippen LogP contribution in [0, 0.1) is 6.92 Å². The van der Waals surface area contributed by atoms with Crippen molar-refractivity contribution in [3.8, 4) is 5.82 Å². The second kappa shape index (κ2) is 5.67. The number of aryl methyl sites for hydroxylation is 2. The van der Waals surface area contributed by atoms with Gasteiger partial charge in [0, 0.05) is 25.4 Å². The molecule has 1 N–H and O–H groups in total. The normalized spacial score (nSPS) is 11.1. The van der Waals surface area contributed by atoms with Crippen molar-refractivity contribution in [3.63, 3.8) is 0 Å². The molecule has 0 saturated heterocycles. The molecule has 2 aromatic rings. The molecule has 0 saturated carbocycles. The van der Waals surface area contributed by atoms with Crippen LogP contribution < -0.4 is 5.32 Å². The van der Waals surface area contributed by atoms with Gasteiger partial charge in [0.05, 0.1) is 16.4 Å². The highest BCUT2D eigenvalue weighted by Crippen LogP contribution is 2.19. The van der Waals surface area contributed by atoms with Gasteiger partial charge in [-0.2, -0.15) is 10.2 Å². The third-order valence-corrected chi connectivity index (χ3v) is 3.22. The van der Waals surface area contributed by atoms with Gasteiger partial charge in [-0.05, 0) is 35.8 Å². The largest absolute Gasteiger partial charge is 0.312 e. The van der Waals surface area contributed by atoms with E-state index in [4.69, 9.17) is 0 Å². The van der Waals surface area contributed by atoms with Gasteiger partial charge in [0.2, 0.25) is 0 Å². The average molecular weight is 312 g/mol. The Balaban J connectivity index is 2.33. The minimum absolute atomic E-state index is 0.820. The van der Waals surface area contributed by atoms with Gasteiger partial charge in [-0.15, -0.1) is 0 Å². The molecule has 0 bridgehead atoms. The Labute approximate surface area is 115 Å². The van der Waals surface area contributed by atoms with Gasteiger partial charge in [-0.1, -0.05) is 6.92 Å². The van der Waals surface area contributed by atoms with E-state index in [0.717, 1.165) is 35.5 Å². The molecule has 18 heavy (non-hydrogen) atoms. The van der Waals surface area contributed by atoms with Crippen LogP contribution in [-0.2, 0) is 13.6 Å². The van der Waals surface area contributed by atoms with E-state index in [2.05, 4.69) is 38.4 Å². The number of nitrogens with one attached hydrogen (secondary N) is 1. The molecule has 0 atom stereocenters. The molecule has 5 nitrogen and oxygen atoms in total. The highest BCUT2D eigenvalue weighted by molar-refractivity contribution is 9.10. The van der Waals surface area contributed by atoms with E-state index < -0.39 is 0 Å². The number of rotatable bonds is 5. The lowest BCUT2D eigenvalue weighted by molar-refractivity contribution is 0.659. The van der Waals surface area contributed by atoms with Crippen molar-refractivity contribution >= 4 is 15.9 Å². The van der Waals surface area contributed by atoms with Gasteiger partial charge in [-0.25, -0.2) is 4.68 Å². The Hall–Kier alpha value is -1.14. The second-order valence-electron chi connectivity index (χ2n) is 4.29. The summed E-state index contributed by atoms with van der Waals surface area (Å²) in [6.45, 7) is 6.02. The maximum atomic E-state index is 4.48. The molecule has 0 unspecified atom stereocenters. The maximum absolute atomic E-state index is 4.48. The topological polar surface area (TPSA) is 47.7 Å². The molecule has 0 amide bonds. The predicted octanol–water partition coefficient (Wildman–Crippen LogP) is 2.18. The third-order valence-electron chi connectivity index (χ3n) is 2.81. The van der Waals surface area contributed by atoms with Crippen molar-refractivity contribution < 1.29 is 0 Å². The van der Waals surface area contributed by atoms with Crippen molar-refractivity contribution in [3.05, 3.63) is 28.1 Å². The molecule has 0 aromatic carbocycles. The Morgan fingerprint density at radius 2 is 2.22 bits per heavy atom. The lowest BCUT2D eigenvalue weighted by Crippen LogP contribution is -2.16. The molecule has 0 spiro atoms. The molecule has 0 aliphatic carbocycles. The van der Waals surface area contributed by atoms with Gasteiger partial charge in [0.25, 0.3) is 0 Å². The fourth-order valence-electron chi connectivity index (χ4n) is 1.99. The summed E-state index contributed by atoms with van der Waals surface area (Å²) in [4.78, 5) is 0. The molecule has 0 aliphatic heterocycles. The molecule has 2 rings (SSSR count). The first-order valence-electron chi connectivity index (χ1n) is 6.07. The minimum Gasteiger partial charge on any atom is -0.312 e. The van der Waals surface area contributed by atoms with Gasteiger partial charge in [0.15, 0.2) is 5.82 Å². The molecule has 98 valence electrons. The Morgan fingerprint density at radius 1 is 1.44 bits per heavy atom. The van der Waals surface area contributed by atoms with E-state index >= 15 is 0 Å². The zero-order valence-corrected chi connectivity index (χ0v) is 12.5. The second-order valence-corrected chi connectivity index (χ2v) is 5.21. The molecule has 0 fully saturated rings. The zero-order chi connectivity index (χ0) is 13.1. The van der Waals surface area contributed by atoms with Crippen LogP contribution in [0.25, 0.3) is 5.82 Å². The zero-order valence-electron chi connectivity index (χ0n) is 10.9. The fraction of sp³-hybridized carbons (Fsp3) is 0.500. The van der Waals surface area contributed by atoms with Crippen molar-refractivity contribution in [1.29, 1.82) is 0 Å². The lowest BCUT2D eigenvalue weighted by atomic mass is 10.2. The van der Waals surface area contributed by atoms with E-state index in [1.54, 1.807) is 6.20 Å². The first kappa shape index (κ1) is 13.3. The summed E-state index contributed by atoms with van der Waals surface area (Å²) in [5, 5.41) is 12.2. The minimum atomic E-state index is 0.820. The van der Waals surface area contributed by atoms with Crippen LogP contribution >= 0.6 is 15.9 Å². The molecular weight excluding hydrogens is 294 g/mol. The molecule has 2 aromatic heterocycles. The summed E-state index contributed by atoms with van der Waals surface area (Å²) in [6.07, 6.45) is 4.85. The van der Waals surface area contributed by atoms with Gasteiger partial charge >= 0.3 is 0 Å². The van der Waals surface area contributed by atoms with E-state index in [1.165, 1.54) is 5.56 Å². The molecule has 0 aliphatic rings. The smallest absolute Gasteiger partial charge is 0.156 e. The fourth-order valence-corrected chi connectivity index (χ4v) is 2.28. The number of halogens is 1. The Bertz CT molecular complexity index is 529. The van der Waals surface area contributed by atoms with Crippen LogP contribution in [0.2, 0.25) is 0 Å². The average Bonchev–Trinajstić information content (AvgIpc) is 2.84. The van der Waals surface area contributed by atoms with E-state index in [0.29, 0.717) is 0 Å². The van der Waals surface area contributed by atoms with Crippen LogP contribution in [0.15, 0.2) is 16.9 Å². The molecular formula is C12H18BrN5. The van der Waals surface area contributed by atoms with Crippen LogP contribution in [-0.4, -0.2) is 26.1 Å². The summed E-state index contributed by atoms with van der Waals surface area (Å²) < 4.78 is 4.69. The molecule has 6 heteroatoms. The Kier molecular flexibility index (Phi) is 4.19. The van der Waals surface area contributed by atoms with Gasteiger partial charge < -0.3 is 5.32 Å². The van der Waals surface area contributed by atoms with Crippen LogP contribution in [0.4, 0.5) is 0 Å². The third kappa shape index (κ3) is 2.64. The number of hydrogen-bond acceptors (Lipinski definition) is 3. The first-order chi connectivity index (χ1) is 8.63. The quantitative estimate of drug-likeness (QED) is 0.861. The summed E-state index contributed by atoms with van der Waals surface area (Å²) in [6, 6.07) is 0. The van der Waals surface area contributed by atoms with Crippen LogP contribution in [0.3, 0.4) is 0 Å². The number of aromatic nitrogens is 4. The highest BCUT2D eigenvalue weighted by Gasteiger charge is 2.15. The number of hydrogen-bond donors (Lipinski definition) is 1. The van der Waals surface area contributed by atoms with Crippen molar-refractivity contribution in [1.82, 2.24) is 24.9 Å². The SMILES string of the molecule is CCCNCc1c(C)nn(C)c1-n1cc(Br)cn1. The Morgan fingerprint density at radius 3 is 2.83 bits per heavy atom. The van der Waals surface area contributed by atoms with Gasteiger partial charge in [-0.3, -0.25) is 4.68 Å². The summed E-state index contributed by atoms with van der Waals surface area (Å²) >= 11 is 3.42. The van der Waals surface area contributed by atoms with Gasteiger partial charge in [0.1, 0.15) is 0 Å². The predicted molar refractivity (Wildman–Crippen MR) is 74.8 cm³/mol. The van der Waals surface area contributed by atoms with Crippen LogP contribution in [0.5, 0.6) is 0 Å². The molecule has 0 radical (unpaired) electrons. The monoisotopic (exact) mass is 311 g/mol. The molecule has 2 heterocycles. The standard InChI is InChI=1S/C12H18BrN5/c1-4-5-14-7-11-9(2)16-17(3)12(11)18-8-10(13)6-15-18/h6,8,14H,4-5,7H2,1-3H3.